The highest BCUT2D eigenvalue weighted by molar-refractivity contribution is 6.21. The maximum absolute atomic E-state index is 12.1. The lowest BCUT2D eigenvalue weighted by molar-refractivity contribution is -0.122. The molecular weight excluding hydrogens is 256 g/mol. The summed E-state index contributed by atoms with van der Waals surface area (Å²) in [5.74, 6) is -0.267. The van der Waals surface area contributed by atoms with E-state index in [0.29, 0.717) is 18.4 Å². The molecule has 0 spiro atoms. The SMILES string of the molecule is COC1=CC(=O)C2=C(CCC(c3ccccc3)O2)C1=O. The van der Waals surface area contributed by atoms with Crippen LogP contribution in [0.5, 0.6) is 0 Å². The van der Waals surface area contributed by atoms with E-state index in [9.17, 15) is 9.59 Å². The van der Waals surface area contributed by atoms with Gasteiger partial charge in [0.05, 0.1) is 7.11 Å². The summed E-state index contributed by atoms with van der Waals surface area (Å²) in [6, 6.07) is 9.71. The second kappa shape index (κ2) is 4.96. The van der Waals surface area contributed by atoms with Crippen molar-refractivity contribution in [3.63, 3.8) is 0 Å². The summed E-state index contributed by atoms with van der Waals surface area (Å²) in [4.78, 5) is 24.1. The number of ether oxygens (including phenoxy) is 2. The zero-order chi connectivity index (χ0) is 14.1. The quantitative estimate of drug-likeness (QED) is 0.775. The van der Waals surface area contributed by atoms with Crippen molar-refractivity contribution in [2.24, 2.45) is 0 Å². The van der Waals surface area contributed by atoms with Crippen LogP contribution in [0.3, 0.4) is 0 Å². The highest BCUT2D eigenvalue weighted by atomic mass is 16.5. The Morgan fingerprint density at radius 2 is 1.95 bits per heavy atom. The van der Waals surface area contributed by atoms with Crippen LogP contribution in [0.1, 0.15) is 24.5 Å². The number of rotatable bonds is 2. The monoisotopic (exact) mass is 270 g/mol. The molecule has 0 aromatic heterocycles. The van der Waals surface area contributed by atoms with Gasteiger partial charge in [-0.1, -0.05) is 30.3 Å². The molecule has 0 radical (unpaired) electrons. The maximum Gasteiger partial charge on any atom is 0.227 e. The number of ketones is 2. The van der Waals surface area contributed by atoms with Crippen molar-refractivity contribution in [3.05, 3.63) is 59.1 Å². The molecule has 1 unspecified atom stereocenters. The van der Waals surface area contributed by atoms with E-state index in [0.717, 1.165) is 5.56 Å². The molecule has 3 rings (SSSR count). The van der Waals surface area contributed by atoms with E-state index < -0.39 is 0 Å². The third-order valence-electron chi connectivity index (χ3n) is 3.57. The van der Waals surface area contributed by atoms with Crippen LogP contribution in [0.4, 0.5) is 0 Å². The lowest BCUT2D eigenvalue weighted by Gasteiger charge is -2.29. The third kappa shape index (κ3) is 2.03. The molecule has 20 heavy (non-hydrogen) atoms. The minimum atomic E-state index is -0.294. The second-order valence-electron chi connectivity index (χ2n) is 4.77. The van der Waals surface area contributed by atoms with Gasteiger partial charge in [-0.25, -0.2) is 0 Å². The number of allylic oxidation sites excluding steroid dienone is 2. The Morgan fingerprint density at radius 1 is 1.20 bits per heavy atom. The van der Waals surface area contributed by atoms with Crippen LogP contribution in [-0.2, 0) is 19.1 Å². The van der Waals surface area contributed by atoms with E-state index in [1.54, 1.807) is 0 Å². The van der Waals surface area contributed by atoms with E-state index in [-0.39, 0.29) is 29.2 Å². The van der Waals surface area contributed by atoms with E-state index in [1.165, 1.54) is 13.2 Å². The number of benzene rings is 1. The Labute approximate surface area is 116 Å². The van der Waals surface area contributed by atoms with Gasteiger partial charge in [-0.2, -0.15) is 0 Å². The normalized spacial score (nSPS) is 22.1. The molecule has 0 saturated carbocycles. The van der Waals surface area contributed by atoms with Gasteiger partial charge >= 0.3 is 0 Å². The molecule has 2 aliphatic rings. The first kappa shape index (κ1) is 12.7. The summed E-state index contributed by atoms with van der Waals surface area (Å²) in [5, 5.41) is 0. The molecule has 1 heterocycles. The number of Topliss-reactive ketones (excluding diaryl/α,β-unsaturated/α-hetero) is 1. The van der Waals surface area contributed by atoms with Gasteiger partial charge in [-0.15, -0.1) is 0 Å². The number of carbonyl (C=O) groups is 2. The molecule has 1 aromatic rings. The predicted octanol–water partition coefficient (Wildman–Crippen LogP) is 2.47. The van der Waals surface area contributed by atoms with E-state index in [1.807, 2.05) is 30.3 Å². The molecule has 1 atom stereocenters. The Hall–Kier alpha value is -2.36. The summed E-state index contributed by atoms with van der Waals surface area (Å²) in [6.07, 6.45) is 2.23. The first-order valence-electron chi connectivity index (χ1n) is 6.50. The van der Waals surface area contributed by atoms with Gasteiger partial charge < -0.3 is 9.47 Å². The van der Waals surface area contributed by atoms with Crippen molar-refractivity contribution in [2.45, 2.75) is 18.9 Å². The van der Waals surface area contributed by atoms with E-state index in [4.69, 9.17) is 9.47 Å². The van der Waals surface area contributed by atoms with Crippen LogP contribution < -0.4 is 0 Å². The van der Waals surface area contributed by atoms with Gasteiger partial charge in [0.25, 0.3) is 0 Å². The molecule has 0 saturated heterocycles. The molecule has 0 fully saturated rings. The molecule has 4 nitrogen and oxygen atoms in total. The van der Waals surface area contributed by atoms with E-state index >= 15 is 0 Å². The molecule has 1 aliphatic heterocycles. The molecule has 0 amide bonds. The molecule has 102 valence electrons. The van der Waals surface area contributed by atoms with Crippen molar-refractivity contribution in [1.82, 2.24) is 0 Å². The summed E-state index contributed by atoms with van der Waals surface area (Å²) < 4.78 is 10.7. The largest absolute Gasteiger partial charge is 0.493 e. The molecule has 1 aliphatic carbocycles. The Morgan fingerprint density at radius 3 is 2.65 bits per heavy atom. The number of methoxy groups -OCH3 is 1. The van der Waals surface area contributed by atoms with Crippen molar-refractivity contribution in [3.8, 4) is 0 Å². The first-order chi connectivity index (χ1) is 9.70. The van der Waals surface area contributed by atoms with Crippen molar-refractivity contribution in [2.75, 3.05) is 7.11 Å². The van der Waals surface area contributed by atoms with Crippen LogP contribution in [0.25, 0.3) is 0 Å². The van der Waals surface area contributed by atoms with Crippen LogP contribution >= 0.6 is 0 Å². The van der Waals surface area contributed by atoms with Gasteiger partial charge in [0, 0.05) is 11.6 Å². The minimum Gasteiger partial charge on any atom is -0.493 e. The van der Waals surface area contributed by atoms with Gasteiger partial charge in [-0.3, -0.25) is 9.59 Å². The van der Waals surface area contributed by atoms with Crippen LogP contribution in [0, 0.1) is 0 Å². The van der Waals surface area contributed by atoms with E-state index in [2.05, 4.69) is 0 Å². The highest BCUT2D eigenvalue weighted by Gasteiger charge is 2.35. The highest BCUT2D eigenvalue weighted by Crippen LogP contribution is 2.37. The fourth-order valence-electron chi connectivity index (χ4n) is 2.54. The lowest BCUT2D eigenvalue weighted by Crippen LogP contribution is -2.26. The lowest BCUT2D eigenvalue weighted by atomic mass is 9.90. The zero-order valence-corrected chi connectivity index (χ0v) is 11.1. The Kier molecular flexibility index (Phi) is 3.14. The zero-order valence-electron chi connectivity index (χ0n) is 11.1. The predicted molar refractivity (Wildman–Crippen MR) is 71.6 cm³/mol. The maximum atomic E-state index is 12.1. The standard InChI is InChI=1S/C16H14O4/c1-19-14-9-12(17)16-11(15(14)18)7-8-13(20-16)10-5-3-2-4-6-10/h2-6,9,13H,7-8H2,1H3. The van der Waals surface area contributed by atoms with Gasteiger partial charge in [0.2, 0.25) is 11.6 Å². The minimum absolute atomic E-state index is 0.0931. The summed E-state index contributed by atoms with van der Waals surface area (Å²) in [6.45, 7) is 0. The molecular formula is C16H14O4. The van der Waals surface area contributed by atoms with Crippen molar-refractivity contribution >= 4 is 11.6 Å². The van der Waals surface area contributed by atoms with Crippen LogP contribution in [-0.4, -0.2) is 18.7 Å². The summed E-state index contributed by atoms with van der Waals surface area (Å²) in [7, 11) is 1.39. The summed E-state index contributed by atoms with van der Waals surface area (Å²) in [5.41, 5.74) is 1.45. The average Bonchev–Trinajstić information content (AvgIpc) is 2.51. The average molecular weight is 270 g/mol. The van der Waals surface area contributed by atoms with Crippen LogP contribution in [0.2, 0.25) is 0 Å². The fraction of sp³-hybridized carbons (Fsp3) is 0.250. The topological polar surface area (TPSA) is 52.6 Å². The van der Waals surface area contributed by atoms with Gasteiger partial charge in [0.1, 0.15) is 6.10 Å². The Bertz CT molecular complexity index is 625. The number of hydrogen-bond donors (Lipinski definition) is 0. The molecule has 0 N–H and O–H groups in total. The van der Waals surface area contributed by atoms with Crippen LogP contribution in [0.15, 0.2) is 53.5 Å². The first-order valence-corrected chi connectivity index (χ1v) is 6.50. The number of carbonyl (C=O) groups excluding carboxylic acids is 2. The Balaban J connectivity index is 1.90. The molecule has 1 aromatic carbocycles. The third-order valence-corrected chi connectivity index (χ3v) is 3.57. The molecule has 0 bridgehead atoms. The smallest absolute Gasteiger partial charge is 0.227 e. The van der Waals surface area contributed by atoms with Crippen molar-refractivity contribution in [1.29, 1.82) is 0 Å². The fourth-order valence-corrected chi connectivity index (χ4v) is 2.54. The number of hydrogen-bond acceptors (Lipinski definition) is 4. The van der Waals surface area contributed by atoms with Gasteiger partial charge in [-0.05, 0) is 18.4 Å². The van der Waals surface area contributed by atoms with Crippen molar-refractivity contribution < 1.29 is 19.1 Å². The second-order valence-corrected chi connectivity index (χ2v) is 4.77. The summed E-state index contributed by atoms with van der Waals surface area (Å²) >= 11 is 0. The molecule has 4 heteroatoms. The van der Waals surface area contributed by atoms with Gasteiger partial charge in [0.15, 0.2) is 11.5 Å².